The van der Waals surface area contributed by atoms with Gasteiger partial charge in [-0.25, -0.2) is 4.98 Å². The van der Waals surface area contributed by atoms with Gasteiger partial charge in [-0.1, -0.05) is 27.7 Å². The van der Waals surface area contributed by atoms with Crippen molar-refractivity contribution in [1.82, 2.24) is 30.8 Å². The lowest BCUT2D eigenvalue weighted by atomic mass is 9.49. The summed E-state index contributed by atoms with van der Waals surface area (Å²) in [6.45, 7) is 15.0. The zero-order valence-electron chi connectivity index (χ0n) is 35.1. The van der Waals surface area contributed by atoms with Gasteiger partial charge < -0.3 is 30.2 Å². The van der Waals surface area contributed by atoms with Gasteiger partial charge in [-0.05, 0) is 79.8 Å². The van der Waals surface area contributed by atoms with E-state index in [4.69, 9.17) is 4.74 Å². The number of rotatable bonds is 10. The highest BCUT2D eigenvalue weighted by molar-refractivity contribution is 6.03. The van der Waals surface area contributed by atoms with E-state index in [1.54, 1.807) is 30.5 Å². The maximum absolute atomic E-state index is 13.6. The van der Waals surface area contributed by atoms with Crippen molar-refractivity contribution >= 4 is 45.9 Å². The molecule has 2 aromatic heterocycles. The van der Waals surface area contributed by atoms with Gasteiger partial charge in [0.1, 0.15) is 29.7 Å². The van der Waals surface area contributed by atoms with Gasteiger partial charge >= 0.3 is 0 Å². The predicted molar refractivity (Wildman–Crippen MR) is 230 cm³/mol. The number of benzene rings is 2. The van der Waals surface area contributed by atoms with Crippen LogP contribution in [0.4, 0.5) is 11.4 Å². The third-order valence-electron chi connectivity index (χ3n) is 13.2. The van der Waals surface area contributed by atoms with Gasteiger partial charge in [0, 0.05) is 91.8 Å². The monoisotopic (exact) mass is 827 g/mol. The molecule has 8 rings (SSSR count). The summed E-state index contributed by atoms with van der Waals surface area (Å²) >= 11 is 0. The number of anilines is 2. The van der Waals surface area contributed by atoms with Crippen LogP contribution in [0.5, 0.6) is 5.75 Å². The summed E-state index contributed by atoms with van der Waals surface area (Å²) in [7, 11) is 0. The number of nitriles is 1. The number of imide groups is 1. The van der Waals surface area contributed by atoms with Crippen LogP contribution in [-0.4, -0.2) is 102 Å². The van der Waals surface area contributed by atoms with Gasteiger partial charge in [0.05, 0.1) is 23.0 Å². The number of nitrogens with one attached hydrogen (secondary N) is 4. The van der Waals surface area contributed by atoms with E-state index in [1.165, 1.54) is 6.07 Å². The number of aromatic nitrogens is 2. The maximum atomic E-state index is 13.6. The lowest BCUT2D eigenvalue weighted by Gasteiger charge is -2.63. The lowest BCUT2D eigenvalue weighted by molar-refractivity contribution is -0.163. The molecule has 0 radical (unpaired) electrons. The van der Waals surface area contributed by atoms with E-state index in [2.05, 4.69) is 74.4 Å². The number of hydrogen-bond acceptors (Lipinski definition) is 11. The molecule has 4 aliphatic rings. The van der Waals surface area contributed by atoms with Crippen molar-refractivity contribution in [2.24, 2.45) is 16.7 Å². The van der Waals surface area contributed by atoms with E-state index in [-0.39, 0.29) is 48.1 Å². The zero-order chi connectivity index (χ0) is 43.1. The van der Waals surface area contributed by atoms with Gasteiger partial charge in [0.25, 0.3) is 11.8 Å². The molecule has 4 amide bonds. The highest BCUT2D eigenvalue weighted by Gasteiger charge is 2.64. The third-order valence-corrected chi connectivity index (χ3v) is 13.2. The van der Waals surface area contributed by atoms with Crippen molar-refractivity contribution in [2.75, 3.05) is 55.6 Å². The minimum Gasteiger partial charge on any atom is -0.488 e. The van der Waals surface area contributed by atoms with E-state index in [1.807, 2.05) is 30.3 Å². The molecule has 4 N–H and O–H groups in total. The fourth-order valence-corrected chi connectivity index (χ4v) is 10.1. The second kappa shape index (κ2) is 16.6. The van der Waals surface area contributed by atoms with E-state index in [9.17, 15) is 29.2 Å². The Morgan fingerprint density at radius 1 is 0.820 bits per heavy atom. The normalized spacial score (nSPS) is 22.8. The lowest BCUT2D eigenvalue weighted by Crippen LogP contribution is -2.74. The molecule has 1 saturated carbocycles. The number of nitrogens with zero attached hydrogens (tertiary/aromatic N) is 5. The number of hydrogen-bond donors (Lipinski definition) is 4. The third kappa shape index (κ3) is 8.41. The Bertz CT molecular complexity index is 2410. The molecule has 2 aromatic carbocycles. The molecule has 0 bridgehead atoms. The molecule has 5 heterocycles. The summed E-state index contributed by atoms with van der Waals surface area (Å²) in [6, 6.07) is 19.3. The number of H-pyrrole nitrogens is 1. The molecule has 61 heavy (non-hydrogen) atoms. The Hall–Kier alpha value is -6.27. The van der Waals surface area contributed by atoms with Crippen LogP contribution in [0.2, 0.25) is 0 Å². The number of carbonyl (C=O) groups excluding carboxylic acids is 4. The Kier molecular flexibility index (Phi) is 11.3. The number of piperazine rings is 1. The second-order valence-corrected chi connectivity index (χ2v) is 18.0. The molecule has 4 aromatic rings. The molecular formula is C46H53N9O6. The van der Waals surface area contributed by atoms with E-state index < -0.39 is 28.7 Å². The highest BCUT2D eigenvalue weighted by atomic mass is 16.5. The fourth-order valence-electron chi connectivity index (χ4n) is 10.1. The Morgan fingerprint density at radius 2 is 1.51 bits per heavy atom. The quantitative estimate of drug-likeness (QED) is 0.169. The summed E-state index contributed by atoms with van der Waals surface area (Å²) < 4.78 is 6.62. The molecule has 4 fully saturated rings. The Balaban J connectivity index is 0.780. The fraction of sp³-hybridized carbons (Fsp3) is 0.457. The number of ether oxygens (including phenoxy) is 1. The van der Waals surface area contributed by atoms with Gasteiger partial charge in [0.15, 0.2) is 0 Å². The molecular weight excluding hydrogens is 775 g/mol. The van der Waals surface area contributed by atoms with Crippen molar-refractivity contribution in [2.45, 2.75) is 71.6 Å². The molecule has 15 nitrogen and oxygen atoms in total. The summed E-state index contributed by atoms with van der Waals surface area (Å²) in [6.07, 6.45) is 4.13. The molecule has 318 valence electrons. The average Bonchev–Trinajstić information content (AvgIpc) is 3.26. The van der Waals surface area contributed by atoms with Gasteiger partial charge in [-0.15, -0.1) is 0 Å². The second-order valence-electron chi connectivity index (χ2n) is 18.0. The first-order chi connectivity index (χ1) is 29.2. The van der Waals surface area contributed by atoms with Crippen molar-refractivity contribution in [3.05, 3.63) is 94.0 Å². The number of piperidine rings is 2. The Morgan fingerprint density at radius 3 is 2.16 bits per heavy atom. The van der Waals surface area contributed by atoms with Crippen LogP contribution in [0.1, 0.15) is 79.8 Å². The van der Waals surface area contributed by atoms with Crippen LogP contribution < -0.4 is 36.0 Å². The molecule has 15 heteroatoms. The van der Waals surface area contributed by atoms with Crippen LogP contribution in [-0.2, 0) is 9.59 Å². The first-order valence-corrected chi connectivity index (χ1v) is 21.2. The summed E-state index contributed by atoms with van der Waals surface area (Å²) in [5.41, 5.74) is 2.64. The summed E-state index contributed by atoms with van der Waals surface area (Å²) in [5, 5.41) is 18.5. The highest BCUT2D eigenvalue weighted by Crippen LogP contribution is 2.56. The van der Waals surface area contributed by atoms with Crippen LogP contribution >= 0.6 is 0 Å². The molecule has 3 aliphatic heterocycles. The van der Waals surface area contributed by atoms with Gasteiger partial charge in [0.2, 0.25) is 17.4 Å². The molecule has 0 unspecified atom stereocenters. The van der Waals surface area contributed by atoms with E-state index in [0.717, 1.165) is 70.0 Å². The number of fused-ring (bicyclic) bond motifs is 1. The van der Waals surface area contributed by atoms with E-state index >= 15 is 0 Å². The largest absolute Gasteiger partial charge is 0.488 e. The summed E-state index contributed by atoms with van der Waals surface area (Å²) in [4.78, 5) is 76.1. The van der Waals surface area contributed by atoms with Crippen LogP contribution in [0.3, 0.4) is 0 Å². The van der Waals surface area contributed by atoms with Crippen molar-refractivity contribution < 1.29 is 23.9 Å². The number of carbonyl (C=O) groups is 4. The van der Waals surface area contributed by atoms with Crippen molar-refractivity contribution in [1.29, 1.82) is 5.26 Å². The minimum atomic E-state index is -0.738. The number of pyridine rings is 2. The maximum Gasteiger partial charge on any atom is 0.270 e. The molecule has 3 saturated heterocycles. The van der Waals surface area contributed by atoms with Crippen LogP contribution in [0, 0.1) is 28.1 Å². The first-order valence-electron chi connectivity index (χ1n) is 21.2. The number of amides is 4. The zero-order valence-corrected chi connectivity index (χ0v) is 35.1. The summed E-state index contributed by atoms with van der Waals surface area (Å²) in [5.74, 6) is -0.183. The molecule has 0 spiro atoms. The molecule has 1 atom stereocenters. The predicted octanol–water partition coefficient (Wildman–Crippen LogP) is 3.98. The van der Waals surface area contributed by atoms with Crippen LogP contribution in [0.15, 0.2) is 71.7 Å². The van der Waals surface area contributed by atoms with Gasteiger partial charge in [-0.3, -0.25) is 34.2 Å². The number of aromatic amines is 1. The SMILES string of the molecule is CC1(C)C(NC(=O)c2ccc(N3CCC(CN4CCN(c5ccc(C(=O)N[C@H]6CCC(=O)NC6=O)nc5)CC4)CC3)cc2)C(C)(C)C1Oc1ccc(C#N)c2[nH]c(=O)ccc12. The average molecular weight is 828 g/mol. The Labute approximate surface area is 354 Å². The first kappa shape index (κ1) is 41.5. The van der Waals surface area contributed by atoms with Crippen molar-refractivity contribution in [3.63, 3.8) is 0 Å². The van der Waals surface area contributed by atoms with E-state index in [0.29, 0.717) is 33.7 Å². The van der Waals surface area contributed by atoms with Crippen LogP contribution in [0.25, 0.3) is 10.9 Å². The smallest absolute Gasteiger partial charge is 0.270 e. The minimum absolute atomic E-state index is 0.126. The topological polar surface area (TPSA) is 193 Å². The van der Waals surface area contributed by atoms with Gasteiger partial charge in [-0.2, -0.15) is 5.26 Å². The standard InChI is InChI=1S/C46H53N9O6/c1-45(2)43(46(3,4)44(45)61-36-14-7-30(25-47)39-33(36)11-15-37(56)50-39)52-40(58)29-5-8-31(9-6-29)54-19-17-28(18-20-54)27-53-21-23-55(24-22-53)32-10-12-34(48-26-32)41(59)49-35-13-16-38(57)51-42(35)60/h5-12,14-15,26,28,35,43-44H,13,16-24,27H2,1-4H3,(H,49,59)(H,50,56)(H,52,58)(H,51,57,60)/t35-,43?,44?/m0/s1. The van der Waals surface area contributed by atoms with Crippen molar-refractivity contribution in [3.8, 4) is 11.8 Å². The molecule has 1 aliphatic carbocycles.